The van der Waals surface area contributed by atoms with E-state index in [0.29, 0.717) is 42.5 Å². The first-order valence-corrected chi connectivity index (χ1v) is 15.0. The van der Waals surface area contributed by atoms with Crippen molar-refractivity contribution in [1.82, 2.24) is 14.6 Å². The van der Waals surface area contributed by atoms with Crippen LogP contribution in [0.1, 0.15) is 87.3 Å². The zero-order chi connectivity index (χ0) is 28.4. The zero-order valence-corrected chi connectivity index (χ0v) is 24.1. The first-order chi connectivity index (χ1) is 18.3. The van der Waals surface area contributed by atoms with Crippen LogP contribution in [-0.2, 0) is 28.4 Å². The molecule has 10 heteroatoms. The van der Waals surface area contributed by atoms with Crippen LogP contribution >= 0.6 is 0 Å². The third kappa shape index (κ3) is 7.52. The summed E-state index contributed by atoms with van der Waals surface area (Å²) < 4.78 is 65.8. The molecule has 1 aliphatic heterocycles. The van der Waals surface area contributed by atoms with Crippen molar-refractivity contribution in [1.29, 1.82) is 0 Å². The summed E-state index contributed by atoms with van der Waals surface area (Å²) in [6.07, 6.45) is 2.58. The Balaban J connectivity index is 1.75. The largest absolute Gasteiger partial charge is 0.417 e. The van der Waals surface area contributed by atoms with Crippen molar-refractivity contribution in [3.8, 4) is 11.3 Å². The summed E-state index contributed by atoms with van der Waals surface area (Å²) in [7, 11) is -2.05. The highest BCUT2D eigenvalue weighted by Crippen LogP contribution is 2.38. The van der Waals surface area contributed by atoms with E-state index in [4.69, 9.17) is 4.74 Å². The monoisotopic (exact) mass is 567 g/mol. The van der Waals surface area contributed by atoms with Gasteiger partial charge in [-0.25, -0.2) is 8.93 Å². The Morgan fingerprint density at radius 2 is 1.79 bits per heavy atom. The second kappa shape index (κ2) is 12.1. The van der Waals surface area contributed by atoms with E-state index in [1.54, 1.807) is 32.9 Å². The molecule has 2 N–H and O–H groups in total. The van der Waals surface area contributed by atoms with Crippen LogP contribution in [-0.4, -0.2) is 39.5 Å². The highest BCUT2D eigenvalue weighted by Gasteiger charge is 2.36. The van der Waals surface area contributed by atoms with Crippen molar-refractivity contribution in [2.75, 3.05) is 13.2 Å². The van der Waals surface area contributed by atoms with Crippen LogP contribution in [0.5, 0.6) is 0 Å². The molecule has 4 rings (SSSR count). The highest BCUT2D eigenvalue weighted by atomic mass is 32.2. The van der Waals surface area contributed by atoms with Gasteiger partial charge in [-0.3, -0.25) is 4.79 Å². The lowest BCUT2D eigenvalue weighted by atomic mass is 9.89. The Bertz CT molecular complexity index is 1190. The van der Waals surface area contributed by atoms with Gasteiger partial charge in [0.15, 0.2) is 0 Å². The summed E-state index contributed by atoms with van der Waals surface area (Å²) in [5, 5.41) is 3.05. The Hall–Kier alpha value is -2.17. The number of nitrogens with zero attached hydrogens (tertiary/aromatic N) is 1. The molecule has 1 aromatic carbocycles. The smallest absolute Gasteiger partial charge is 0.379 e. The molecule has 39 heavy (non-hydrogen) atoms. The lowest BCUT2D eigenvalue weighted by Crippen LogP contribution is -2.40. The Kier molecular flexibility index (Phi) is 9.28. The molecule has 2 aliphatic rings. The SMILES string of the molecule is Cc1c(C(=O)NC2CCCOC2)cc(-c2ccc(S(=O)NC(C)(C)C)c(C(F)(F)F)c2)n1CC1CCCCC1. The summed E-state index contributed by atoms with van der Waals surface area (Å²) >= 11 is 0. The minimum absolute atomic E-state index is 0.0859. The van der Waals surface area contributed by atoms with Gasteiger partial charge >= 0.3 is 6.18 Å². The van der Waals surface area contributed by atoms with E-state index in [0.717, 1.165) is 50.3 Å². The first-order valence-electron chi connectivity index (χ1n) is 13.8. The van der Waals surface area contributed by atoms with Crippen LogP contribution in [0, 0.1) is 12.8 Å². The maximum atomic E-state index is 14.2. The molecular formula is C29H40F3N3O3S. The zero-order valence-electron chi connectivity index (χ0n) is 23.2. The maximum absolute atomic E-state index is 14.2. The average molecular weight is 568 g/mol. The van der Waals surface area contributed by atoms with Gasteiger partial charge in [-0.2, -0.15) is 13.2 Å². The number of hydrogen-bond acceptors (Lipinski definition) is 3. The molecule has 2 atom stereocenters. The number of carbonyl (C=O) groups excluding carboxylic acids is 1. The number of benzene rings is 1. The van der Waals surface area contributed by atoms with Crippen LogP contribution in [0.2, 0.25) is 0 Å². The van der Waals surface area contributed by atoms with Gasteiger partial charge < -0.3 is 14.6 Å². The lowest BCUT2D eigenvalue weighted by Gasteiger charge is -2.25. The van der Waals surface area contributed by atoms with Crippen LogP contribution < -0.4 is 10.0 Å². The lowest BCUT2D eigenvalue weighted by molar-refractivity contribution is -0.139. The first kappa shape index (κ1) is 29.8. The van der Waals surface area contributed by atoms with E-state index in [1.807, 2.05) is 11.5 Å². The number of alkyl halides is 3. The molecule has 0 radical (unpaired) electrons. The molecular weight excluding hydrogens is 527 g/mol. The van der Waals surface area contributed by atoms with Crippen LogP contribution in [0.4, 0.5) is 13.2 Å². The molecule has 216 valence electrons. The molecule has 2 aromatic rings. The Morgan fingerprint density at radius 1 is 1.08 bits per heavy atom. The van der Waals surface area contributed by atoms with E-state index in [-0.39, 0.29) is 16.8 Å². The summed E-state index contributed by atoms with van der Waals surface area (Å²) in [5.41, 5.74) is 0.530. The molecule has 2 heterocycles. The van der Waals surface area contributed by atoms with E-state index >= 15 is 0 Å². The van der Waals surface area contributed by atoms with E-state index < -0.39 is 28.3 Å². The van der Waals surface area contributed by atoms with Gasteiger partial charge in [-0.15, -0.1) is 0 Å². The number of hydrogen-bond donors (Lipinski definition) is 2. The van der Waals surface area contributed by atoms with Gasteiger partial charge in [0.05, 0.1) is 28.7 Å². The number of aromatic nitrogens is 1. The fourth-order valence-electron chi connectivity index (χ4n) is 5.50. The van der Waals surface area contributed by atoms with Crippen LogP contribution in [0.3, 0.4) is 0 Å². The van der Waals surface area contributed by atoms with Crippen molar-refractivity contribution in [2.45, 2.75) is 102 Å². The number of carbonyl (C=O) groups is 1. The fraction of sp³-hybridized carbons (Fsp3) is 0.621. The number of halogens is 3. The molecule has 2 fully saturated rings. The molecule has 1 saturated heterocycles. The number of ether oxygens (including phenoxy) is 1. The highest BCUT2D eigenvalue weighted by molar-refractivity contribution is 7.83. The quantitative estimate of drug-likeness (QED) is 0.408. The number of rotatable bonds is 7. The van der Waals surface area contributed by atoms with Gasteiger partial charge in [0.2, 0.25) is 0 Å². The van der Waals surface area contributed by atoms with Crippen LogP contribution in [0.15, 0.2) is 29.2 Å². The van der Waals surface area contributed by atoms with Gasteiger partial charge in [0.1, 0.15) is 11.0 Å². The maximum Gasteiger partial charge on any atom is 0.417 e. The Labute approximate surface area is 231 Å². The molecule has 2 unspecified atom stereocenters. The minimum Gasteiger partial charge on any atom is -0.379 e. The van der Waals surface area contributed by atoms with E-state index in [9.17, 15) is 22.2 Å². The predicted octanol–water partition coefficient (Wildman–Crippen LogP) is 6.38. The summed E-state index contributed by atoms with van der Waals surface area (Å²) in [6, 6.07) is 5.56. The molecule has 0 bridgehead atoms. The summed E-state index contributed by atoms with van der Waals surface area (Å²) in [5.74, 6) is 0.158. The second-order valence-electron chi connectivity index (χ2n) is 11.9. The molecule has 1 saturated carbocycles. The van der Waals surface area contributed by atoms with Crippen molar-refractivity contribution in [2.24, 2.45) is 5.92 Å². The Morgan fingerprint density at radius 3 is 2.41 bits per heavy atom. The van der Waals surface area contributed by atoms with Gasteiger partial charge in [-0.1, -0.05) is 25.3 Å². The second-order valence-corrected chi connectivity index (χ2v) is 13.0. The standard InChI is InChI=1S/C29H40F3N3O3S/c1-19-23(27(36)33-22-11-8-14-38-18-22)16-25(35(19)17-20-9-6-5-7-10-20)21-12-13-26(24(15-21)29(30,31)32)39(37)34-28(2,3)4/h12-13,15-16,20,22,34H,5-11,14,17-18H2,1-4H3,(H,33,36). The fourth-order valence-corrected chi connectivity index (χ4v) is 6.73. The van der Waals surface area contributed by atoms with Gasteiger partial charge in [-0.05, 0) is 83.1 Å². The average Bonchev–Trinajstić information content (AvgIpc) is 3.19. The third-order valence-corrected chi connectivity index (χ3v) is 9.00. The van der Waals surface area contributed by atoms with E-state index in [1.165, 1.54) is 12.5 Å². The molecule has 6 nitrogen and oxygen atoms in total. The normalized spacial score (nSPS) is 20.1. The minimum atomic E-state index is -4.70. The number of nitrogens with one attached hydrogen (secondary N) is 2. The van der Waals surface area contributed by atoms with E-state index in [2.05, 4.69) is 10.0 Å². The van der Waals surface area contributed by atoms with Gasteiger partial charge in [0, 0.05) is 30.1 Å². The predicted molar refractivity (Wildman–Crippen MR) is 147 cm³/mol. The third-order valence-electron chi connectivity index (χ3n) is 7.45. The van der Waals surface area contributed by atoms with Crippen molar-refractivity contribution >= 4 is 16.9 Å². The molecule has 1 aliphatic carbocycles. The van der Waals surface area contributed by atoms with Crippen molar-refractivity contribution < 1.29 is 26.9 Å². The molecule has 1 aromatic heterocycles. The topological polar surface area (TPSA) is 72.4 Å². The molecule has 0 spiro atoms. The van der Waals surface area contributed by atoms with Crippen molar-refractivity contribution in [3.63, 3.8) is 0 Å². The molecule has 1 amide bonds. The van der Waals surface area contributed by atoms with Crippen molar-refractivity contribution in [3.05, 3.63) is 41.1 Å². The van der Waals surface area contributed by atoms with Crippen LogP contribution in [0.25, 0.3) is 11.3 Å². The summed E-state index contributed by atoms with van der Waals surface area (Å²) in [6.45, 7) is 8.89. The summed E-state index contributed by atoms with van der Waals surface area (Å²) in [4.78, 5) is 13.0. The number of amides is 1. The van der Waals surface area contributed by atoms with Gasteiger partial charge in [0.25, 0.3) is 5.91 Å².